The number of nitrogens with zero attached hydrogens (tertiary/aromatic N) is 1. The minimum Gasteiger partial charge on any atom is -0.462 e. The Morgan fingerprint density at radius 2 is 2.04 bits per heavy atom. The van der Waals surface area contributed by atoms with Gasteiger partial charge >= 0.3 is 11.9 Å². The summed E-state index contributed by atoms with van der Waals surface area (Å²) in [5, 5.41) is 2.81. The molecule has 0 saturated carbocycles. The number of aromatic amines is 1. The van der Waals surface area contributed by atoms with Crippen molar-refractivity contribution >= 4 is 39.4 Å². The first kappa shape index (κ1) is 20.6. The Labute approximate surface area is 159 Å². The summed E-state index contributed by atoms with van der Waals surface area (Å²) in [5.74, 6) is -1.10. The number of nitrogens with one attached hydrogen (secondary N) is 2. The maximum absolute atomic E-state index is 12.4. The van der Waals surface area contributed by atoms with Gasteiger partial charge in [0.15, 0.2) is 11.9 Å². The Kier molecular flexibility index (Phi) is 6.67. The van der Waals surface area contributed by atoms with Gasteiger partial charge in [0.05, 0.1) is 18.4 Å². The minimum atomic E-state index is -0.791. The van der Waals surface area contributed by atoms with Crippen molar-refractivity contribution in [3.8, 4) is 0 Å². The second-order valence-electron chi connectivity index (χ2n) is 5.77. The van der Waals surface area contributed by atoms with Crippen molar-refractivity contribution in [2.75, 3.05) is 13.2 Å². The lowest BCUT2D eigenvalue weighted by Gasteiger charge is -2.12. The average molecular weight is 395 g/mol. The second kappa shape index (κ2) is 8.76. The van der Waals surface area contributed by atoms with E-state index in [1.165, 1.54) is 6.92 Å². The molecule has 9 nitrogen and oxygen atoms in total. The van der Waals surface area contributed by atoms with Crippen molar-refractivity contribution in [3.63, 3.8) is 0 Å². The molecule has 1 amide bonds. The van der Waals surface area contributed by atoms with Gasteiger partial charge in [-0.15, -0.1) is 11.3 Å². The fraction of sp³-hybridized carbons (Fsp3) is 0.471. The smallest absolute Gasteiger partial charge is 0.348 e. The molecule has 0 spiro atoms. The number of ether oxygens (including phenoxy) is 2. The SMILES string of the molecule is CCOC(=O)c1sc2nc([C@@H](C)OC(=O)CCNC(C)=O)[nH]c(=O)c2c1C. The van der Waals surface area contributed by atoms with Gasteiger partial charge in [-0.25, -0.2) is 9.78 Å². The van der Waals surface area contributed by atoms with Gasteiger partial charge in [-0.05, 0) is 26.3 Å². The topological polar surface area (TPSA) is 127 Å². The molecule has 2 heterocycles. The van der Waals surface area contributed by atoms with Crippen molar-refractivity contribution in [3.05, 3.63) is 26.6 Å². The molecule has 2 aromatic heterocycles. The number of aryl methyl sites for hydroxylation is 1. The molecule has 0 fully saturated rings. The summed E-state index contributed by atoms with van der Waals surface area (Å²) in [6, 6.07) is 0. The first-order chi connectivity index (χ1) is 12.7. The first-order valence-electron chi connectivity index (χ1n) is 8.38. The number of carbonyl (C=O) groups excluding carboxylic acids is 3. The van der Waals surface area contributed by atoms with E-state index >= 15 is 0 Å². The fourth-order valence-corrected chi connectivity index (χ4v) is 3.48. The molecular weight excluding hydrogens is 374 g/mol. The number of carbonyl (C=O) groups is 3. The van der Waals surface area contributed by atoms with Crippen LogP contribution in [-0.2, 0) is 19.1 Å². The molecule has 0 aromatic carbocycles. The van der Waals surface area contributed by atoms with Crippen LogP contribution in [0, 0.1) is 6.92 Å². The molecule has 2 N–H and O–H groups in total. The summed E-state index contributed by atoms with van der Waals surface area (Å²) in [4.78, 5) is 54.7. The number of amides is 1. The molecular formula is C17H21N3O6S. The zero-order valence-electron chi connectivity index (χ0n) is 15.5. The number of fused-ring (bicyclic) bond motifs is 1. The molecule has 0 aliphatic carbocycles. The predicted octanol–water partition coefficient (Wildman–Crippen LogP) is 1.60. The lowest BCUT2D eigenvalue weighted by Crippen LogP contribution is -2.24. The maximum Gasteiger partial charge on any atom is 0.348 e. The summed E-state index contributed by atoms with van der Waals surface area (Å²) < 4.78 is 10.2. The lowest BCUT2D eigenvalue weighted by atomic mass is 10.2. The highest BCUT2D eigenvalue weighted by atomic mass is 32.1. The minimum absolute atomic E-state index is 0.00150. The van der Waals surface area contributed by atoms with Crippen LogP contribution in [0.5, 0.6) is 0 Å². The molecule has 0 aliphatic heterocycles. The quantitative estimate of drug-likeness (QED) is 0.682. The Balaban J connectivity index is 2.22. The van der Waals surface area contributed by atoms with E-state index in [0.29, 0.717) is 20.7 Å². The van der Waals surface area contributed by atoms with Crippen LogP contribution in [0.4, 0.5) is 0 Å². The third kappa shape index (κ3) is 4.91. The standard InChI is InChI=1S/C17H21N3O6S/c1-5-25-17(24)13-8(2)12-15(23)19-14(20-16(12)27-13)9(3)26-11(22)6-7-18-10(4)21/h9H,5-7H2,1-4H3,(H,18,21)(H,19,20,23)/t9-/m1/s1. The van der Waals surface area contributed by atoms with Crippen LogP contribution < -0.4 is 10.9 Å². The van der Waals surface area contributed by atoms with Crippen LogP contribution in [0.15, 0.2) is 4.79 Å². The average Bonchev–Trinajstić information content (AvgIpc) is 2.92. The number of rotatable bonds is 7. The van der Waals surface area contributed by atoms with Crippen molar-refractivity contribution in [1.29, 1.82) is 0 Å². The Bertz CT molecular complexity index is 933. The largest absolute Gasteiger partial charge is 0.462 e. The van der Waals surface area contributed by atoms with Crippen LogP contribution in [0.1, 0.15) is 54.4 Å². The van der Waals surface area contributed by atoms with Crippen LogP contribution in [0.3, 0.4) is 0 Å². The molecule has 10 heteroatoms. The van der Waals surface area contributed by atoms with E-state index in [9.17, 15) is 19.2 Å². The van der Waals surface area contributed by atoms with Gasteiger partial charge in [0, 0.05) is 13.5 Å². The fourth-order valence-electron chi connectivity index (χ4n) is 2.40. The highest BCUT2D eigenvalue weighted by Crippen LogP contribution is 2.28. The Hall–Kier alpha value is -2.75. The van der Waals surface area contributed by atoms with E-state index in [4.69, 9.17) is 9.47 Å². The predicted molar refractivity (Wildman–Crippen MR) is 98.7 cm³/mol. The van der Waals surface area contributed by atoms with Crippen molar-refractivity contribution in [1.82, 2.24) is 15.3 Å². The highest BCUT2D eigenvalue weighted by Gasteiger charge is 2.22. The molecule has 0 saturated heterocycles. The van der Waals surface area contributed by atoms with Gasteiger partial charge in [-0.3, -0.25) is 14.4 Å². The third-order valence-corrected chi connectivity index (χ3v) is 4.84. The third-order valence-electron chi connectivity index (χ3n) is 3.68. The van der Waals surface area contributed by atoms with E-state index in [-0.39, 0.29) is 31.3 Å². The summed E-state index contributed by atoms with van der Waals surface area (Å²) >= 11 is 1.06. The van der Waals surface area contributed by atoms with Crippen LogP contribution >= 0.6 is 11.3 Å². The molecule has 27 heavy (non-hydrogen) atoms. The van der Waals surface area contributed by atoms with E-state index in [1.54, 1.807) is 20.8 Å². The van der Waals surface area contributed by atoms with Gasteiger partial charge in [-0.2, -0.15) is 0 Å². The van der Waals surface area contributed by atoms with Crippen molar-refractivity contribution in [2.45, 2.75) is 40.2 Å². The number of esters is 2. The summed E-state index contributed by atoms with van der Waals surface area (Å²) in [5.41, 5.74) is 0.0918. The number of hydrogen-bond acceptors (Lipinski definition) is 8. The lowest BCUT2D eigenvalue weighted by molar-refractivity contribution is -0.148. The number of hydrogen-bond donors (Lipinski definition) is 2. The van der Waals surface area contributed by atoms with E-state index in [2.05, 4.69) is 15.3 Å². The summed E-state index contributed by atoms with van der Waals surface area (Å²) in [6.45, 7) is 6.68. The van der Waals surface area contributed by atoms with Gasteiger partial charge in [-0.1, -0.05) is 0 Å². The summed E-state index contributed by atoms with van der Waals surface area (Å²) in [7, 11) is 0. The molecule has 1 atom stereocenters. The monoisotopic (exact) mass is 395 g/mol. The number of thiophene rings is 1. The Morgan fingerprint density at radius 3 is 2.67 bits per heavy atom. The highest BCUT2D eigenvalue weighted by molar-refractivity contribution is 7.20. The van der Waals surface area contributed by atoms with Crippen molar-refractivity contribution < 1.29 is 23.9 Å². The molecule has 2 aromatic rings. The first-order valence-corrected chi connectivity index (χ1v) is 9.20. The van der Waals surface area contributed by atoms with Gasteiger partial charge in [0.1, 0.15) is 9.71 Å². The zero-order valence-corrected chi connectivity index (χ0v) is 16.3. The van der Waals surface area contributed by atoms with E-state index < -0.39 is 23.6 Å². The van der Waals surface area contributed by atoms with Crippen LogP contribution in [0.25, 0.3) is 10.2 Å². The van der Waals surface area contributed by atoms with E-state index in [0.717, 1.165) is 11.3 Å². The van der Waals surface area contributed by atoms with E-state index in [1.807, 2.05) is 0 Å². The normalized spacial score (nSPS) is 11.9. The van der Waals surface area contributed by atoms with Gasteiger partial charge < -0.3 is 19.8 Å². The van der Waals surface area contributed by atoms with Crippen LogP contribution in [0.2, 0.25) is 0 Å². The molecule has 0 aliphatic rings. The molecule has 0 bridgehead atoms. The zero-order chi connectivity index (χ0) is 20.1. The van der Waals surface area contributed by atoms with Crippen LogP contribution in [-0.4, -0.2) is 41.0 Å². The van der Waals surface area contributed by atoms with Gasteiger partial charge in [0.25, 0.3) is 5.56 Å². The Morgan fingerprint density at radius 1 is 1.33 bits per heavy atom. The molecule has 2 rings (SSSR count). The maximum atomic E-state index is 12.4. The number of aromatic nitrogens is 2. The second-order valence-corrected chi connectivity index (χ2v) is 6.77. The molecule has 0 radical (unpaired) electrons. The summed E-state index contributed by atoms with van der Waals surface area (Å²) in [6.07, 6.45) is -0.790. The van der Waals surface area contributed by atoms with Gasteiger partial charge in [0.2, 0.25) is 5.91 Å². The number of H-pyrrole nitrogens is 1. The molecule has 146 valence electrons. The van der Waals surface area contributed by atoms with Crippen molar-refractivity contribution in [2.24, 2.45) is 0 Å². The molecule has 0 unspecified atom stereocenters.